The minimum absolute atomic E-state index is 0.0423. The van der Waals surface area contributed by atoms with Crippen LogP contribution in [0.25, 0.3) is 0 Å². The molecule has 0 heterocycles. The van der Waals surface area contributed by atoms with E-state index >= 15 is 0 Å². The SMILES string of the molecule is COc1cc(C(F)(F)F)cc(C(F)(F)F)c1C=NN=C(N)N. The van der Waals surface area contributed by atoms with Crippen molar-refractivity contribution in [1.29, 1.82) is 0 Å². The van der Waals surface area contributed by atoms with Crippen LogP contribution in [-0.4, -0.2) is 19.3 Å². The summed E-state index contributed by atoms with van der Waals surface area (Å²) in [5.41, 5.74) is 6.08. The molecule has 0 aromatic heterocycles. The average molecular weight is 328 g/mol. The van der Waals surface area contributed by atoms with E-state index in [4.69, 9.17) is 11.5 Å². The third-order valence-corrected chi connectivity index (χ3v) is 2.35. The topological polar surface area (TPSA) is 86.0 Å². The summed E-state index contributed by atoms with van der Waals surface area (Å²) >= 11 is 0. The monoisotopic (exact) mass is 328 g/mol. The Labute approximate surface area is 120 Å². The number of hydrogen-bond acceptors (Lipinski definition) is 3. The first-order valence-corrected chi connectivity index (χ1v) is 5.45. The molecule has 5 nitrogen and oxygen atoms in total. The lowest BCUT2D eigenvalue weighted by Crippen LogP contribution is -2.21. The number of guanidine groups is 1. The average Bonchev–Trinajstić information content (AvgIpc) is 2.35. The number of halogens is 6. The number of nitrogens with two attached hydrogens (primary N) is 2. The molecule has 0 unspecified atom stereocenters. The van der Waals surface area contributed by atoms with Gasteiger partial charge in [0.1, 0.15) is 5.75 Å². The quantitative estimate of drug-likeness (QED) is 0.386. The third kappa shape index (κ3) is 4.27. The molecule has 0 amide bonds. The summed E-state index contributed by atoms with van der Waals surface area (Å²) in [5.74, 6) is -1.20. The maximum Gasteiger partial charge on any atom is 0.417 e. The van der Waals surface area contributed by atoms with Crippen LogP contribution in [0.4, 0.5) is 26.3 Å². The van der Waals surface area contributed by atoms with Gasteiger partial charge in [-0.3, -0.25) is 0 Å². The van der Waals surface area contributed by atoms with Gasteiger partial charge in [-0.2, -0.15) is 31.4 Å². The largest absolute Gasteiger partial charge is 0.496 e. The van der Waals surface area contributed by atoms with E-state index in [2.05, 4.69) is 14.9 Å². The van der Waals surface area contributed by atoms with E-state index in [1.54, 1.807) is 0 Å². The molecule has 0 fully saturated rings. The van der Waals surface area contributed by atoms with Gasteiger partial charge in [0, 0.05) is 5.56 Å². The highest BCUT2D eigenvalue weighted by Crippen LogP contribution is 2.40. The van der Waals surface area contributed by atoms with E-state index in [1.807, 2.05) is 0 Å². The summed E-state index contributed by atoms with van der Waals surface area (Å²) in [6, 6.07) is 0.380. The van der Waals surface area contributed by atoms with Gasteiger partial charge >= 0.3 is 12.4 Å². The Morgan fingerprint density at radius 3 is 2.09 bits per heavy atom. The first-order chi connectivity index (χ1) is 9.96. The molecule has 0 radical (unpaired) electrons. The number of benzene rings is 1. The van der Waals surface area contributed by atoms with Gasteiger partial charge in [-0.05, 0) is 12.1 Å². The summed E-state index contributed by atoms with van der Waals surface area (Å²) in [7, 11) is 0.924. The second kappa shape index (κ2) is 6.12. The van der Waals surface area contributed by atoms with Crippen LogP contribution < -0.4 is 16.2 Å². The molecule has 1 aromatic carbocycles. The van der Waals surface area contributed by atoms with Gasteiger partial charge in [0.05, 0.1) is 24.5 Å². The molecule has 22 heavy (non-hydrogen) atoms. The lowest BCUT2D eigenvalue weighted by atomic mass is 10.0. The van der Waals surface area contributed by atoms with Gasteiger partial charge in [0.2, 0.25) is 5.96 Å². The Morgan fingerprint density at radius 1 is 1.09 bits per heavy atom. The van der Waals surface area contributed by atoms with E-state index in [0.717, 1.165) is 7.11 Å². The van der Waals surface area contributed by atoms with Crippen molar-refractivity contribution in [2.24, 2.45) is 21.7 Å². The van der Waals surface area contributed by atoms with E-state index in [9.17, 15) is 26.3 Å². The second-order valence-electron chi connectivity index (χ2n) is 3.90. The smallest absolute Gasteiger partial charge is 0.417 e. The van der Waals surface area contributed by atoms with Crippen LogP contribution in [0.1, 0.15) is 16.7 Å². The Bertz CT molecular complexity index is 602. The van der Waals surface area contributed by atoms with E-state index in [-0.39, 0.29) is 6.07 Å². The summed E-state index contributed by atoms with van der Waals surface area (Å²) in [6.45, 7) is 0. The molecule has 4 N–H and O–H groups in total. The summed E-state index contributed by atoms with van der Waals surface area (Å²) in [5, 5.41) is 6.25. The number of methoxy groups -OCH3 is 1. The Hall–Kier alpha value is -2.46. The van der Waals surface area contributed by atoms with Crippen molar-refractivity contribution >= 4 is 12.2 Å². The van der Waals surface area contributed by atoms with Crippen LogP contribution in [0.3, 0.4) is 0 Å². The molecule has 0 aliphatic rings. The van der Waals surface area contributed by atoms with Crippen LogP contribution in [0, 0.1) is 0 Å². The van der Waals surface area contributed by atoms with Crippen LogP contribution in [0.2, 0.25) is 0 Å². The number of ether oxygens (including phenoxy) is 1. The van der Waals surface area contributed by atoms with Crippen molar-refractivity contribution in [3.05, 3.63) is 28.8 Å². The zero-order chi connectivity index (χ0) is 17.1. The number of nitrogens with zero attached hydrogens (tertiary/aromatic N) is 2. The lowest BCUT2D eigenvalue weighted by molar-refractivity contribution is -0.143. The van der Waals surface area contributed by atoms with Gasteiger partial charge in [0.25, 0.3) is 0 Å². The molecule has 0 aliphatic heterocycles. The van der Waals surface area contributed by atoms with Gasteiger partial charge in [-0.15, -0.1) is 5.10 Å². The molecule has 0 bridgehead atoms. The van der Waals surface area contributed by atoms with Crippen LogP contribution >= 0.6 is 0 Å². The molecule has 0 saturated carbocycles. The summed E-state index contributed by atoms with van der Waals surface area (Å²) < 4.78 is 81.4. The molecule has 0 spiro atoms. The van der Waals surface area contributed by atoms with Gasteiger partial charge < -0.3 is 16.2 Å². The number of alkyl halides is 6. The fourth-order valence-corrected chi connectivity index (χ4v) is 1.48. The Morgan fingerprint density at radius 2 is 1.68 bits per heavy atom. The molecule has 0 saturated heterocycles. The molecule has 0 aliphatic carbocycles. The van der Waals surface area contributed by atoms with Crippen LogP contribution in [0.5, 0.6) is 5.75 Å². The normalized spacial score (nSPS) is 12.5. The fraction of sp³-hybridized carbons (Fsp3) is 0.273. The van der Waals surface area contributed by atoms with Crippen LogP contribution in [-0.2, 0) is 12.4 Å². The molecule has 122 valence electrons. The first-order valence-electron chi connectivity index (χ1n) is 5.45. The van der Waals surface area contributed by atoms with Crippen molar-refractivity contribution in [2.75, 3.05) is 7.11 Å². The zero-order valence-corrected chi connectivity index (χ0v) is 11.0. The van der Waals surface area contributed by atoms with Crippen LogP contribution in [0.15, 0.2) is 22.3 Å². The second-order valence-corrected chi connectivity index (χ2v) is 3.90. The van der Waals surface area contributed by atoms with Crippen molar-refractivity contribution in [2.45, 2.75) is 12.4 Å². The van der Waals surface area contributed by atoms with E-state index in [0.29, 0.717) is 12.3 Å². The maximum absolute atomic E-state index is 12.9. The summed E-state index contributed by atoms with van der Waals surface area (Å²) in [4.78, 5) is 0. The minimum Gasteiger partial charge on any atom is -0.496 e. The predicted octanol–water partition coefficient (Wildman–Crippen LogP) is 2.34. The predicted molar refractivity (Wildman–Crippen MR) is 66.4 cm³/mol. The Kier molecular flexibility index (Phi) is 4.89. The minimum atomic E-state index is -5.06. The Balaban J connectivity index is 3.59. The zero-order valence-electron chi connectivity index (χ0n) is 11.0. The molecule has 11 heteroatoms. The lowest BCUT2D eigenvalue weighted by Gasteiger charge is -2.16. The molecule has 1 rings (SSSR count). The van der Waals surface area contributed by atoms with E-state index < -0.39 is 40.8 Å². The van der Waals surface area contributed by atoms with Crippen molar-refractivity contribution in [3.63, 3.8) is 0 Å². The van der Waals surface area contributed by atoms with Crippen molar-refractivity contribution in [3.8, 4) is 5.75 Å². The van der Waals surface area contributed by atoms with Gasteiger partial charge in [-0.25, -0.2) is 0 Å². The van der Waals surface area contributed by atoms with Crippen molar-refractivity contribution < 1.29 is 31.1 Å². The van der Waals surface area contributed by atoms with Gasteiger partial charge in [-0.1, -0.05) is 0 Å². The molecular formula is C11H10F6N4O. The standard InChI is InChI=1S/C11H10F6N4O/c1-22-8-3-5(10(12,13)14)2-7(11(15,16)17)6(8)4-20-21-9(18)19/h2-4H,1H3,(H4,18,19,21). The third-order valence-electron chi connectivity index (χ3n) is 2.35. The molecular weight excluding hydrogens is 318 g/mol. The number of rotatable bonds is 3. The molecule has 0 atom stereocenters. The number of hydrogen-bond donors (Lipinski definition) is 2. The first kappa shape index (κ1) is 17.6. The highest BCUT2D eigenvalue weighted by molar-refractivity contribution is 5.87. The van der Waals surface area contributed by atoms with E-state index in [1.165, 1.54) is 0 Å². The summed E-state index contributed by atoms with van der Waals surface area (Å²) in [6.07, 6.45) is -9.47. The fourth-order valence-electron chi connectivity index (χ4n) is 1.48. The molecule has 1 aromatic rings. The maximum atomic E-state index is 12.9. The highest BCUT2D eigenvalue weighted by Gasteiger charge is 2.39. The highest BCUT2D eigenvalue weighted by atomic mass is 19.4. The van der Waals surface area contributed by atoms with Gasteiger partial charge in [0.15, 0.2) is 0 Å². The van der Waals surface area contributed by atoms with Crippen molar-refractivity contribution in [1.82, 2.24) is 0 Å².